The maximum Gasteiger partial charge on any atom is 0.164 e. The molecule has 1 aromatic carbocycles. The number of aryl methyl sites for hydroxylation is 2. The first-order chi connectivity index (χ1) is 6.65. The number of ketones is 1. The first-order valence-corrected chi connectivity index (χ1v) is 4.90. The molecule has 0 aliphatic heterocycles. The molecule has 0 aromatic heterocycles. The Morgan fingerprint density at radius 2 is 2.00 bits per heavy atom. The van der Waals surface area contributed by atoms with Crippen LogP contribution >= 0.6 is 0 Å². The third kappa shape index (κ3) is 2.67. The summed E-state index contributed by atoms with van der Waals surface area (Å²) in [5.74, 6) is 0.211. The van der Waals surface area contributed by atoms with E-state index >= 15 is 0 Å². The van der Waals surface area contributed by atoms with Gasteiger partial charge in [0.05, 0.1) is 0 Å². The van der Waals surface area contributed by atoms with Gasteiger partial charge in [-0.15, -0.1) is 0 Å². The molecule has 0 aliphatic carbocycles. The van der Waals surface area contributed by atoms with Crippen molar-refractivity contribution in [2.24, 2.45) is 0 Å². The molecule has 0 radical (unpaired) electrons. The molecule has 0 fully saturated rings. The highest BCUT2D eigenvalue weighted by atomic mass is 16.1. The summed E-state index contributed by atoms with van der Waals surface area (Å²) in [7, 11) is 1.85. The van der Waals surface area contributed by atoms with E-state index in [1.807, 2.05) is 32.2 Å². The van der Waals surface area contributed by atoms with Crippen LogP contribution in [0.15, 0.2) is 18.2 Å². The van der Waals surface area contributed by atoms with Gasteiger partial charge in [-0.05, 0) is 38.1 Å². The number of Topliss-reactive ketones (excluding diaryl/α,β-unsaturated/α-hetero) is 1. The molecule has 2 nitrogen and oxygen atoms in total. The van der Waals surface area contributed by atoms with Crippen LogP contribution in [0.4, 0.5) is 0 Å². The third-order valence-electron chi connectivity index (χ3n) is 2.43. The van der Waals surface area contributed by atoms with E-state index in [-0.39, 0.29) is 5.78 Å². The van der Waals surface area contributed by atoms with Crippen molar-refractivity contribution >= 4 is 5.78 Å². The van der Waals surface area contributed by atoms with Crippen molar-refractivity contribution in [1.29, 1.82) is 0 Å². The second kappa shape index (κ2) is 4.91. The molecule has 1 N–H and O–H groups in total. The minimum Gasteiger partial charge on any atom is -0.319 e. The fraction of sp³-hybridized carbons (Fsp3) is 0.417. The molecule has 0 bridgehead atoms. The molecule has 0 atom stereocenters. The molecule has 0 saturated heterocycles. The number of rotatable bonds is 4. The Hall–Kier alpha value is -1.15. The Morgan fingerprint density at radius 3 is 2.57 bits per heavy atom. The molecule has 0 amide bonds. The molecule has 2 heteroatoms. The maximum absolute atomic E-state index is 11.6. The van der Waals surface area contributed by atoms with Crippen molar-refractivity contribution in [2.75, 3.05) is 13.6 Å². The minimum atomic E-state index is 0.211. The van der Waals surface area contributed by atoms with Gasteiger partial charge in [-0.1, -0.05) is 12.1 Å². The van der Waals surface area contributed by atoms with Crippen molar-refractivity contribution in [1.82, 2.24) is 5.32 Å². The topological polar surface area (TPSA) is 29.1 Å². The summed E-state index contributed by atoms with van der Waals surface area (Å²) in [5.41, 5.74) is 3.24. The molecule has 0 aliphatic rings. The van der Waals surface area contributed by atoms with Gasteiger partial charge in [-0.2, -0.15) is 0 Å². The lowest BCUT2D eigenvalue weighted by Crippen LogP contribution is -2.13. The van der Waals surface area contributed by atoms with E-state index < -0.39 is 0 Å². The van der Waals surface area contributed by atoms with E-state index in [2.05, 4.69) is 12.2 Å². The fourth-order valence-corrected chi connectivity index (χ4v) is 1.30. The van der Waals surface area contributed by atoms with E-state index in [4.69, 9.17) is 0 Å². The predicted octanol–water partition coefficient (Wildman–Crippen LogP) is 2.10. The van der Waals surface area contributed by atoms with Gasteiger partial charge in [0.1, 0.15) is 0 Å². The Kier molecular flexibility index (Phi) is 3.84. The van der Waals surface area contributed by atoms with Crippen molar-refractivity contribution in [3.63, 3.8) is 0 Å². The van der Waals surface area contributed by atoms with Crippen LogP contribution < -0.4 is 5.32 Å². The van der Waals surface area contributed by atoms with Crippen LogP contribution in [0.5, 0.6) is 0 Å². The standard InChI is InChI=1S/C12H17NO/c1-9-4-5-11(8-10(9)2)12(14)6-7-13-3/h4-5,8,13H,6-7H2,1-3H3. The maximum atomic E-state index is 11.6. The zero-order valence-corrected chi connectivity index (χ0v) is 9.05. The summed E-state index contributed by atoms with van der Waals surface area (Å²) in [6, 6.07) is 5.87. The molecule has 0 spiro atoms. The average Bonchev–Trinajstić information content (AvgIpc) is 2.18. The molecule has 1 aromatic rings. The zero-order chi connectivity index (χ0) is 10.6. The van der Waals surface area contributed by atoms with Gasteiger partial charge in [-0.25, -0.2) is 0 Å². The summed E-state index contributed by atoms with van der Waals surface area (Å²) in [4.78, 5) is 11.6. The number of nitrogens with one attached hydrogen (secondary N) is 1. The van der Waals surface area contributed by atoms with Crippen molar-refractivity contribution in [2.45, 2.75) is 20.3 Å². The molecular formula is C12H17NO. The zero-order valence-electron chi connectivity index (χ0n) is 9.05. The van der Waals surface area contributed by atoms with Crippen LogP contribution in [0.1, 0.15) is 27.9 Å². The number of hydrogen-bond donors (Lipinski definition) is 1. The molecule has 0 heterocycles. The quantitative estimate of drug-likeness (QED) is 0.738. The van der Waals surface area contributed by atoms with Crippen LogP contribution in [0.2, 0.25) is 0 Å². The number of benzene rings is 1. The van der Waals surface area contributed by atoms with Crippen LogP contribution in [0.3, 0.4) is 0 Å². The Balaban J connectivity index is 2.76. The highest BCUT2D eigenvalue weighted by Gasteiger charge is 2.05. The van der Waals surface area contributed by atoms with E-state index in [0.717, 1.165) is 12.1 Å². The van der Waals surface area contributed by atoms with Gasteiger partial charge in [0.25, 0.3) is 0 Å². The number of hydrogen-bond acceptors (Lipinski definition) is 2. The molecule has 14 heavy (non-hydrogen) atoms. The molecule has 76 valence electrons. The largest absolute Gasteiger partial charge is 0.319 e. The molecule has 0 unspecified atom stereocenters. The highest BCUT2D eigenvalue weighted by Crippen LogP contribution is 2.11. The summed E-state index contributed by atoms with van der Waals surface area (Å²) in [6.45, 7) is 4.83. The smallest absolute Gasteiger partial charge is 0.164 e. The second-order valence-corrected chi connectivity index (χ2v) is 3.58. The van der Waals surface area contributed by atoms with Crippen LogP contribution in [-0.2, 0) is 0 Å². The number of carbonyl (C=O) groups excluding carboxylic acids is 1. The Morgan fingerprint density at radius 1 is 1.29 bits per heavy atom. The lowest BCUT2D eigenvalue weighted by Gasteiger charge is -2.04. The van der Waals surface area contributed by atoms with E-state index in [9.17, 15) is 4.79 Å². The predicted molar refractivity (Wildman–Crippen MR) is 58.8 cm³/mol. The Labute approximate surface area is 85.3 Å². The SMILES string of the molecule is CNCCC(=O)c1ccc(C)c(C)c1. The second-order valence-electron chi connectivity index (χ2n) is 3.58. The average molecular weight is 191 g/mol. The lowest BCUT2D eigenvalue weighted by molar-refractivity contribution is 0.0983. The van der Waals surface area contributed by atoms with Gasteiger partial charge >= 0.3 is 0 Å². The summed E-state index contributed by atoms with van der Waals surface area (Å²) in [6.07, 6.45) is 0.568. The molecule has 0 saturated carbocycles. The van der Waals surface area contributed by atoms with Crippen LogP contribution in [0, 0.1) is 13.8 Å². The van der Waals surface area contributed by atoms with Gasteiger partial charge in [0.15, 0.2) is 5.78 Å². The van der Waals surface area contributed by atoms with Crippen LogP contribution in [0.25, 0.3) is 0 Å². The van der Waals surface area contributed by atoms with E-state index in [1.165, 1.54) is 11.1 Å². The Bertz CT molecular complexity index is 331. The minimum absolute atomic E-state index is 0.211. The monoisotopic (exact) mass is 191 g/mol. The van der Waals surface area contributed by atoms with Crippen molar-refractivity contribution in [3.8, 4) is 0 Å². The van der Waals surface area contributed by atoms with Gasteiger partial charge < -0.3 is 5.32 Å². The summed E-state index contributed by atoms with van der Waals surface area (Å²) in [5, 5.41) is 2.97. The van der Waals surface area contributed by atoms with Crippen molar-refractivity contribution in [3.05, 3.63) is 34.9 Å². The molecular weight excluding hydrogens is 174 g/mol. The lowest BCUT2D eigenvalue weighted by atomic mass is 10.0. The summed E-state index contributed by atoms with van der Waals surface area (Å²) >= 11 is 0. The molecule has 1 rings (SSSR count). The van der Waals surface area contributed by atoms with Gasteiger partial charge in [0, 0.05) is 18.5 Å². The van der Waals surface area contributed by atoms with Gasteiger partial charge in [0.2, 0.25) is 0 Å². The third-order valence-corrected chi connectivity index (χ3v) is 2.43. The van der Waals surface area contributed by atoms with Crippen LogP contribution in [-0.4, -0.2) is 19.4 Å². The summed E-state index contributed by atoms with van der Waals surface area (Å²) < 4.78 is 0. The van der Waals surface area contributed by atoms with Crippen molar-refractivity contribution < 1.29 is 4.79 Å². The first kappa shape index (κ1) is 10.9. The highest BCUT2D eigenvalue weighted by molar-refractivity contribution is 5.96. The fourth-order valence-electron chi connectivity index (χ4n) is 1.30. The first-order valence-electron chi connectivity index (χ1n) is 4.90. The van der Waals surface area contributed by atoms with E-state index in [0.29, 0.717) is 6.42 Å². The number of carbonyl (C=O) groups is 1. The normalized spacial score (nSPS) is 10.2. The van der Waals surface area contributed by atoms with E-state index in [1.54, 1.807) is 0 Å². The van der Waals surface area contributed by atoms with Gasteiger partial charge in [-0.3, -0.25) is 4.79 Å².